The number of hydrogen-bond acceptors (Lipinski definition) is 3. The molecule has 1 aromatic carbocycles. The number of anilines is 1. The molecule has 2 rings (SSSR count). The minimum atomic E-state index is 0.806. The van der Waals surface area contributed by atoms with Gasteiger partial charge in [-0.05, 0) is 37.7 Å². The van der Waals surface area contributed by atoms with Crippen molar-refractivity contribution in [1.29, 1.82) is 0 Å². The molecule has 1 aliphatic heterocycles. The van der Waals surface area contributed by atoms with Crippen molar-refractivity contribution in [2.45, 2.75) is 13.8 Å². The van der Waals surface area contributed by atoms with E-state index in [0.717, 1.165) is 51.0 Å². The third-order valence-corrected chi connectivity index (χ3v) is 4.14. The second-order valence-electron chi connectivity index (χ2n) is 5.22. The van der Waals surface area contributed by atoms with Gasteiger partial charge >= 0.3 is 0 Å². The molecule has 1 heterocycles. The van der Waals surface area contributed by atoms with Crippen molar-refractivity contribution in [2.75, 3.05) is 50.8 Å². The Morgan fingerprint density at radius 1 is 1.33 bits per heavy atom. The first kappa shape index (κ1) is 16.2. The SMILES string of the molecule is CCN(C(=S)NCCN1CCOCC1)c1ccccc1C. The zero-order valence-electron chi connectivity index (χ0n) is 13.0. The molecule has 0 saturated carbocycles. The number of rotatable bonds is 5. The molecule has 0 amide bonds. The number of morpholine rings is 1. The number of ether oxygens (including phenoxy) is 1. The molecule has 0 atom stereocenters. The minimum absolute atomic E-state index is 0.806. The summed E-state index contributed by atoms with van der Waals surface area (Å²) in [6.45, 7) is 10.7. The standard InChI is InChI=1S/C16H25N3OS/c1-3-19(15-7-5-4-6-14(15)2)16(21)17-8-9-18-10-12-20-13-11-18/h4-7H,3,8-13H2,1-2H3,(H,17,21). The molecule has 1 aromatic rings. The molecule has 1 fully saturated rings. The van der Waals surface area contributed by atoms with Crippen LogP contribution < -0.4 is 10.2 Å². The van der Waals surface area contributed by atoms with Gasteiger partial charge in [0.1, 0.15) is 0 Å². The zero-order chi connectivity index (χ0) is 15.1. The Bertz CT molecular complexity index is 461. The summed E-state index contributed by atoms with van der Waals surface area (Å²) in [6.07, 6.45) is 0. The van der Waals surface area contributed by atoms with Gasteiger partial charge in [0.2, 0.25) is 0 Å². The normalized spacial score (nSPS) is 15.7. The Morgan fingerprint density at radius 3 is 2.71 bits per heavy atom. The molecule has 0 radical (unpaired) electrons. The Labute approximate surface area is 133 Å². The highest BCUT2D eigenvalue weighted by atomic mass is 32.1. The number of nitrogens with zero attached hydrogens (tertiary/aromatic N) is 2. The van der Waals surface area contributed by atoms with Gasteiger partial charge in [-0.15, -0.1) is 0 Å². The van der Waals surface area contributed by atoms with Crippen molar-refractivity contribution >= 4 is 23.0 Å². The second-order valence-corrected chi connectivity index (χ2v) is 5.60. The highest BCUT2D eigenvalue weighted by molar-refractivity contribution is 7.80. The van der Waals surface area contributed by atoms with Crippen LogP contribution >= 0.6 is 12.2 Å². The minimum Gasteiger partial charge on any atom is -0.379 e. The van der Waals surface area contributed by atoms with Crippen molar-refractivity contribution < 1.29 is 4.74 Å². The van der Waals surface area contributed by atoms with Gasteiger partial charge in [0.15, 0.2) is 5.11 Å². The molecular formula is C16H25N3OS. The Kier molecular flexibility index (Phi) is 6.42. The summed E-state index contributed by atoms with van der Waals surface area (Å²) >= 11 is 5.55. The number of nitrogens with one attached hydrogen (secondary N) is 1. The molecular weight excluding hydrogens is 282 g/mol. The maximum atomic E-state index is 5.55. The van der Waals surface area contributed by atoms with E-state index in [0.29, 0.717) is 0 Å². The molecule has 1 saturated heterocycles. The lowest BCUT2D eigenvalue weighted by Gasteiger charge is -2.29. The molecule has 0 bridgehead atoms. The van der Waals surface area contributed by atoms with Crippen LogP contribution in [-0.2, 0) is 4.74 Å². The van der Waals surface area contributed by atoms with Crippen LogP contribution in [0.1, 0.15) is 12.5 Å². The highest BCUT2D eigenvalue weighted by Gasteiger charge is 2.13. The average Bonchev–Trinajstić information content (AvgIpc) is 2.51. The molecule has 21 heavy (non-hydrogen) atoms. The van der Waals surface area contributed by atoms with Crippen molar-refractivity contribution in [3.63, 3.8) is 0 Å². The zero-order valence-corrected chi connectivity index (χ0v) is 13.8. The van der Waals surface area contributed by atoms with Gasteiger partial charge in [-0.25, -0.2) is 0 Å². The molecule has 4 nitrogen and oxygen atoms in total. The molecule has 5 heteroatoms. The van der Waals surface area contributed by atoms with E-state index in [9.17, 15) is 0 Å². The lowest BCUT2D eigenvalue weighted by Crippen LogP contribution is -2.45. The average molecular weight is 307 g/mol. The maximum absolute atomic E-state index is 5.55. The van der Waals surface area contributed by atoms with Crippen LogP contribution in [0.4, 0.5) is 5.69 Å². The lowest BCUT2D eigenvalue weighted by atomic mass is 10.2. The number of aryl methyl sites for hydroxylation is 1. The van der Waals surface area contributed by atoms with Gasteiger partial charge in [0.05, 0.1) is 13.2 Å². The van der Waals surface area contributed by atoms with E-state index < -0.39 is 0 Å². The van der Waals surface area contributed by atoms with Crippen LogP contribution in [0, 0.1) is 6.92 Å². The van der Waals surface area contributed by atoms with Crippen LogP contribution in [0.2, 0.25) is 0 Å². The summed E-state index contributed by atoms with van der Waals surface area (Å²) in [4.78, 5) is 4.56. The molecule has 116 valence electrons. The molecule has 0 aromatic heterocycles. The Balaban J connectivity index is 1.84. The third kappa shape index (κ3) is 4.66. The summed E-state index contributed by atoms with van der Waals surface area (Å²) in [5.74, 6) is 0. The second kappa shape index (κ2) is 8.32. The summed E-state index contributed by atoms with van der Waals surface area (Å²) in [6, 6.07) is 8.35. The van der Waals surface area contributed by atoms with Gasteiger partial charge in [0.25, 0.3) is 0 Å². The molecule has 0 aliphatic carbocycles. The lowest BCUT2D eigenvalue weighted by molar-refractivity contribution is 0.0389. The first-order chi connectivity index (χ1) is 10.2. The topological polar surface area (TPSA) is 27.7 Å². The summed E-state index contributed by atoms with van der Waals surface area (Å²) in [5, 5.41) is 4.19. The van der Waals surface area contributed by atoms with Crippen molar-refractivity contribution in [2.24, 2.45) is 0 Å². The van der Waals surface area contributed by atoms with E-state index in [4.69, 9.17) is 17.0 Å². The summed E-state index contributed by atoms with van der Waals surface area (Å²) < 4.78 is 5.36. The molecule has 1 aliphatic rings. The van der Waals surface area contributed by atoms with E-state index >= 15 is 0 Å². The molecule has 1 N–H and O–H groups in total. The Morgan fingerprint density at radius 2 is 2.05 bits per heavy atom. The van der Waals surface area contributed by atoms with Crippen molar-refractivity contribution in [3.8, 4) is 0 Å². The summed E-state index contributed by atoms with van der Waals surface area (Å²) in [7, 11) is 0. The van der Waals surface area contributed by atoms with E-state index in [1.165, 1.54) is 11.3 Å². The van der Waals surface area contributed by atoms with Gasteiger partial charge in [-0.1, -0.05) is 18.2 Å². The maximum Gasteiger partial charge on any atom is 0.173 e. The number of thiocarbonyl (C=S) groups is 1. The number of hydrogen-bond donors (Lipinski definition) is 1. The van der Waals surface area contributed by atoms with Gasteiger partial charge in [-0.2, -0.15) is 0 Å². The van der Waals surface area contributed by atoms with Crippen molar-refractivity contribution in [1.82, 2.24) is 10.2 Å². The number of benzene rings is 1. The van der Waals surface area contributed by atoms with E-state index in [1.807, 2.05) is 0 Å². The van der Waals surface area contributed by atoms with Gasteiger partial charge in [-0.3, -0.25) is 4.90 Å². The van der Waals surface area contributed by atoms with Crippen LogP contribution in [0.25, 0.3) is 0 Å². The van der Waals surface area contributed by atoms with Crippen LogP contribution in [0.5, 0.6) is 0 Å². The predicted molar refractivity (Wildman–Crippen MR) is 92.1 cm³/mol. The fraction of sp³-hybridized carbons (Fsp3) is 0.562. The van der Waals surface area contributed by atoms with Crippen LogP contribution in [-0.4, -0.2) is 55.9 Å². The monoisotopic (exact) mass is 307 g/mol. The predicted octanol–water partition coefficient (Wildman–Crippen LogP) is 2.03. The van der Waals surface area contributed by atoms with E-state index in [-0.39, 0.29) is 0 Å². The Hall–Kier alpha value is -1.17. The van der Waals surface area contributed by atoms with E-state index in [2.05, 4.69) is 53.2 Å². The fourth-order valence-electron chi connectivity index (χ4n) is 2.53. The quantitative estimate of drug-likeness (QED) is 0.840. The smallest absolute Gasteiger partial charge is 0.173 e. The first-order valence-corrected chi connectivity index (χ1v) is 8.04. The molecule has 0 unspecified atom stereocenters. The van der Waals surface area contributed by atoms with Gasteiger partial charge < -0.3 is 15.0 Å². The van der Waals surface area contributed by atoms with Gasteiger partial charge in [0, 0.05) is 38.4 Å². The summed E-state index contributed by atoms with van der Waals surface area (Å²) in [5.41, 5.74) is 2.43. The molecule has 0 spiro atoms. The fourth-order valence-corrected chi connectivity index (χ4v) is 2.86. The van der Waals surface area contributed by atoms with Crippen LogP contribution in [0.15, 0.2) is 24.3 Å². The highest BCUT2D eigenvalue weighted by Crippen LogP contribution is 2.19. The van der Waals surface area contributed by atoms with E-state index in [1.54, 1.807) is 0 Å². The van der Waals surface area contributed by atoms with Crippen molar-refractivity contribution in [3.05, 3.63) is 29.8 Å². The largest absolute Gasteiger partial charge is 0.379 e. The third-order valence-electron chi connectivity index (χ3n) is 3.78. The van der Waals surface area contributed by atoms with Crippen LogP contribution in [0.3, 0.4) is 0 Å². The number of para-hydroxylation sites is 1. The first-order valence-electron chi connectivity index (χ1n) is 7.63.